The Labute approximate surface area is 164 Å². The Morgan fingerprint density at radius 3 is 2.29 bits per heavy atom. The summed E-state index contributed by atoms with van der Waals surface area (Å²) >= 11 is 0. The molecule has 4 nitrogen and oxygen atoms in total. The van der Waals surface area contributed by atoms with Gasteiger partial charge in [-0.1, -0.05) is 60.7 Å². The molecule has 4 heteroatoms. The number of nitrogens with one attached hydrogen (secondary N) is 1. The minimum atomic E-state index is -0.152. The van der Waals surface area contributed by atoms with Crippen LogP contribution in [-0.2, 0) is 9.53 Å². The van der Waals surface area contributed by atoms with Gasteiger partial charge in [-0.3, -0.25) is 9.69 Å². The number of nitrogens with zero attached hydrogens (tertiary/aromatic N) is 1. The van der Waals surface area contributed by atoms with E-state index in [0.717, 1.165) is 16.3 Å². The molecule has 0 spiro atoms. The van der Waals surface area contributed by atoms with Gasteiger partial charge >= 0.3 is 5.97 Å². The maximum Gasteiger partial charge on any atom is 0.306 e. The summed E-state index contributed by atoms with van der Waals surface area (Å²) in [5.74, 6) is -0.0818. The number of quaternary nitrogens is 1. The Hall–Kier alpha value is -3.24. The zero-order valence-corrected chi connectivity index (χ0v) is 15.5. The van der Waals surface area contributed by atoms with Crippen LogP contribution in [0.15, 0.2) is 77.8 Å². The van der Waals surface area contributed by atoms with E-state index in [0.29, 0.717) is 19.6 Å². The summed E-state index contributed by atoms with van der Waals surface area (Å²) in [6.45, 7) is 1.06. The van der Waals surface area contributed by atoms with E-state index in [-0.39, 0.29) is 11.9 Å². The van der Waals surface area contributed by atoms with Crippen LogP contribution < -0.4 is 4.90 Å². The summed E-state index contributed by atoms with van der Waals surface area (Å²) in [7, 11) is 0. The van der Waals surface area contributed by atoms with Crippen LogP contribution in [0.5, 0.6) is 0 Å². The fraction of sp³-hybridized carbons (Fsp3) is 0.167. The predicted octanol–water partition coefficient (Wildman–Crippen LogP) is 3.62. The first-order valence-corrected chi connectivity index (χ1v) is 9.64. The summed E-state index contributed by atoms with van der Waals surface area (Å²) < 4.78 is 5.59. The summed E-state index contributed by atoms with van der Waals surface area (Å²) in [5.41, 5.74) is 7.01. The van der Waals surface area contributed by atoms with Crippen molar-refractivity contribution in [1.82, 2.24) is 0 Å². The van der Waals surface area contributed by atoms with Crippen LogP contribution in [0.2, 0.25) is 0 Å². The van der Waals surface area contributed by atoms with Gasteiger partial charge in [0.1, 0.15) is 18.8 Å². The first-order chi connectivity index (χ1) is 13.8. The highest BCUT2D eigenvalue weighted by atomic mass is 16.5. The average Bonchev–Trinajstić information content (AvgIpc) is 3.28. The molecule has 0 aromatic heterocycles. The van der Waals surface area contributed by atoms with Crippen LogP contribution >= 0.6 is 0 Å². The molecule has 1 aliphatic carbocycles. The van der Waals surface area contributed by atoms with Crippen molar-refractivity contribution in [3.8, 4) is 11.1 Å². The van der Waals surface area contributed by atoms with Crippen molar-refractivity contribution in [1.29, 1.82) is 0 Å². The quantitative estimate of drug-likeness (QED) is 0.698. The third-order valence-corrected chi connectivity index (χ3v) is 5.58. The van der Waals surface area contributed by atoms with Gasteiger partial charge in [0.15, 0.2) is 12.0 Å². The summed E-state index contributed by atoms with van der Waals surface area (Å²) in [4.78, 5) is 18.1. The maximum atomic E-state index is 12.6. The Kier molecular flexibility index (Phi) is 4.26. The number of aliphatic imine (C=N–C) groups is 1. The van der Waals surface area contributed by atoms with E-state index in [2.05, 4.69) is 47.5 Å². The lowest BCUT2D eigenvalue weighted by molar-refractivity contribution is -0.720. The van der Waals surface area contributed by atoms with Gasteiger partial charge in [-0.15, -0.1) is 0 Å². The summed E-state index contributed by atoms with van der Waals surface area (Å²) in [6.07, 6.45) is 2.25. The van der Waals surface area contributed by atoms with E-state index in [4.69, 9.17) is 4.74 Å². The molecule has 1 unspecified atom stereocenters. The van der Waals surface area contributed by atoms with E-state index in [9.17, 15) is 4.79 Å². The standard InChI is InChI=1S/C24H20N2O2/c27-24(28-14-13-26-16-25-22-11-5-6-12-23(22)26)15-21-19-9-3-1-7-17(19)18-8-2-4-10-20(18)21/h1-12,16,21H,13-15H2/p+1. The van der Waals surface area contributed by atoms with Crippen molar-refractivity contribution in [2.24, 2.45) is 4.99 Å². The van der Waals surface area contributed by atoms with E-state index in [1.165, 1.54) is 22.3 Å². The van der Waals surface area contributed by atoms with Crippen molar-refractivity contribution >= 4 is 23.7 Å². The van der Waals surface area contributed by atoms with E-state index >= 15 is 0 Å². The van der Waals surface area contributed by atoms with Crippen molar-refractivity contribution in [3.63, 3.8) is 0 Å². The minimum Gasteiger partial charge on any atom is -0.460 e. The SMILES string of the molecule is O=C(CC1c2ccccc2-c2ccccc21)OCC[NH+]1C=Nc2ccccc21. The number of para-hydroxylation sites is 2. The van der Waals surface area contributed by atoms with Gasteiger partial charge < -0.3 is 4.74 Å². The highest BCUT2D eigenvalue weighted by Crippen LogP contribution is 2.46. The van der Waals surface area contributed by atoms with Crippen LogP contribution in [0.3, 0.4) is 0 Å². The molecule has 1 aliphatic heterocycles. The summed E-state index contributed by atoms with van der Waals surface area (Å²) in [6, 6.07) is 24.7. The minimum absolute atomic E-state index is 0.0707. The molecule has 0 radical (unpaired) electrons. The molecule has 1 N–H and O–H groups in total. The normalized spacial score (nSPS) is 16.5. The molecule has 28 heavy (non-hydrogen) atoms. The monoisotopic (exact) mass is 369 g/mol. The molecular weight excluding hydrogens is 348 g/mol. The fourth-order valence-electron chi connectivity index (χ4n) is 4.25. The van der Waals surface area contributed by atoms with Gasteiger partial charge in [0.05, 0.1) is 6.42 Å². The number of fused-ring (bicyclic) bond motifs is 4. The molecule has 1 atom stereocenters. The van der Waals surface area contributed by atoms with E-state index in [1.807, 2.05) is 36.7 Å². The molecule has 0 saturated heterocycles. The van der Waals surface area contributed by atoms with Gasteiger partial charge in [-0.25, -0.2) is 0 Å². The van der Waals surface area contributed by atoms with Gasteiger partial charge in [-0.05, 0) is 28.3 Å². The van der Waals surface area contributed by atoms with E-state index < -0.39 is 0 Å². The molecule has 3 aromatic carbocycles. The number of hydrogen-bond donors (Lipinski definition) is 1. The second kappa shape index (κ2) is 7.06. The third kappa shape index (κ3) is 2.92. The number of carbonyl (C=O) groups excluding carboxylic acids is 1. The molecule has 3 aromatic rings. The molecule has 0 amide bonds. The number of ether oxygens (including phenoxy) is 1. The van der Waals surface area contributed by atoms with Crippen molar-refractivity contribution < 1.29 is 14.4 Å². The third-order valence-electron chi connectivity index (χ3n) is 5.58. The number of esters is 1. The lowest BCUT2D eigenvalue weighted by atomic mass is 9.94. The second-order valence-corrected chi connectivity index (χ2v) is 7.20. The zero-order chi connectivity index (χ0) is 18.9. The van der Waals surface area contributed by atoms with Crippen LogP contribution in [0.1, 0.15) is 23.5 Å². The zero-order valence-electron chi connectivity index (χ0n) is 15.5. The van der Waals surface area contributed by atoms with Crippen molar-refractivity contribution in [2.75, 3.05) is 13.2 Å². The van der Waals surface area contributed by atoms with Gasteiger partial charge in [0.2, 0.25) is 0 Å². The first kappa shape index (κ1) is 16.9. The largest absolute Gasteiger partial charge is 0.460 e. The highest BCUT2D eigenvalue weighted by Gasteiger charge is 2.30. The van der Waals surface area contributed by atoms with Gasteiger partial charge in [0, 0.05) is 12.0 Å². The first-order valence-electron chi connectivity index (χ1n) is 9.64. The lowest BCUT2D eigenvalue weighted by Crippen LogP contribution is -3.05. The lowest BCUT2D eigenvalue weighted by Gasteiger charge is -2.14. The molecule has 1 heterocycles. The van der Waals surface area contributed by atoms with Crippen LogP contribution in [-0.4, -0.2) is 25.5 Å². The smallest absolute Gasteiger partial charge is 0.306 e. The molecule has 0 bridgehead atoms. The van der Waals surface area contributed by atoms with E-state index in [1.54, 1.807) is 0 Å². The molecule has 5 rings (SSSR count). The van der Waals surface area contributed by atoms with Gasteiger partial charge in [-0.2, -0.15) is 4.99 Å². The molecule has 138 valence electrons. The Bertz CT molecular complexity index is 1030. The molecule has 2 aliphatic rings. The van der Waals surface area contributed by atoms with Crippen LogP contribution in [0, 0.1) is 0 Å². The number of hydrogen-bond acceptors (Lipinski definition) is 3. The van der Waals surface area contributed by atoms with Crippen molar-refractivity contribution in [3.05, 3.63) is 83.9 Å². The topological polar surface area (TPSA) is 43.1 Å². The predicted molar refractivity (Wildman–Crippen MR) is 109 cm³/mol. The highest BCUT2D eigenvalue weighted by molar-refractivity contribution is 5.82. The number of carbonyl (C=O) groups is 1. The maximum absolute atomic E-state index is 12.6. The number of benzene rings is 3. The Morgan fingerprint density at radius 2 is 1.54 bits per heavy atom. The van der Waals surface area contributed by atoms with Crippen LogP contribution in [0.4, 0.5) is 11.4 Å². The second-order valence-electron chi connectivity index (χ2n) is 7.20. The Balaban J connectivity index is 1.24. The number of rotatable bonds is 5. The molecule has 0 fully saturated rings. The Morgan fingerprint density at radius 1 is 0.893 bits per heavy atom. The fourth-order valence-corrected chi connectivity index (χ4v) is 4.25. The van der Waals surface area contributed by atoms with Crippen LogP contribution in [0.25, 0.3) is 11.1 Å². The average molecular weight is 369 g/mol. The van der Waals surface area contributed by atoms with Gasteiger partial charge in [0.25, 0.3) is 0 Å². The summed E-state index contributed by atoms with van der Waals surface area (Å²) in [5, 5.41) is 0. The molecule has 0 saturated carbocycles. The molecular formula is C24H21N2O2+. The van der Waals surface area contributed by atoms with Crippen molar-refractivity contribution in [2.45, 2.75) is 12.3 Å².